The Morgan fingerprint density at radius 2 is 1.30 bits per heavy atom. The van der Waals surface area contributed by atoms with Gasteiger partial charge in [-0.05, 0) is 115 Å². The number of rotatable bonds is 7. The summed E-state index contributed by atoms with van der Waals surface area (Å²) < 4.78 is 14.6. The summed E-state index contributed by atoms with van der Waals surface area (Å²) in [7, 11) is 2.79. The van der Waals surface area contributed by atoms with Gasteiger partial charge in [-0.15, -0.1) is 11.8 Å². The predicted molar refractivity (Wildman–Crippen MR) is 195 cm³/mol. The smallest absolute Gasteiger partial charge is 0.338 e. The van der Waals surface area contributed by atoms with Crippen LogP contribution in [-0.2, 0) is 14.2 Å². The van der Waals surface area contributed by atoms with Gasteiger partial charge in [0.15, 0.2) is 0 Å². The van der Waals surface area contributed by atoms with Gasteiger partial charge in [0.1, 0.15) is 4.99 Å². The number of hydrogen-bond donors (Lipinski definition) is 2. The SMILES string of the molecule is C1CCOC1.CI.COC(=O)c1cc(C(N)=S)c(C2CCC2)cc1C.COC(=O)c1cc(C(N)SC)c(C2CCC2)cc1C. The van der Waals surface area contributed by atoms with Gasteiger partial charge in [0.05, 0.1) is 30.7 Å². The van der Waals surface area contributed by atoms with E-state index in [2.05, 4.69) is 28.7 Å². The molecule has 1 heterocycles. The first-order valence-corrected chi connectivity index (χ1v) is 19.0. The number of benzene rings is 2. The lowest BCUT2D eigenvalue weighted by Crippen LogP contribution is -2.19. The molecule has 10 heteroatoms. The van der Waals surface area contributed by atoms with Crippen LogP contribution in [0.5, 0.6) is 0 Å². The summed E-state index contributed by atoms with van der Waals surface area (Å²) in [6.45, 7) is 5.88. The Labute approximate surface area is 287 Å². The van der Waals surface area contributed by atoms with E-state index in [4.69, 9.17) is 37.9 Å². The fraction of sp³-hybridized carbons (Fsp3) is 0.559. The van der Waals surface area contributed by atoms with E-state index in [0.717, 1.165) is 35.5 Å². The molecule has 3 aliphatic rings. The molecule has 1 atom stereocenters. The molecule has 4 N–H and O–H groups in total. The first kappa shape index (κ1) is 38.5. The number of ether oxygens (including phenoxy) is 3. The molecule has 1 aliphatic heterocycles. The maximum atomic E-state index is 11.8. The summed E-state index contributed by atoms with van der Waals surface area (Å²) in [5.74, 6) is 0.517. The minimum Gasteiger partial charge on any atom is -0.465 e. The van der Waals surface area contributed by atoms with E-state index in [-0.39, 0.29) is 17.3 Å². The molecule has 44 heavy (non-hydrogen) atoms. The van der Waals surface area contributed by atoms with Crippen molar-refractivity contribution in [3.63, 3.8) is 0 Å². The van der Waals surface area contributed by atoms with Crippen molar-refractivity contribution in [2.45, 2.75) is 82.4 Å². The zero-order valence-corrected chi connectivity index (χ0v) is 30.8. The Kier molecular flexibility index (Phi) is 17.2. The minimum atomic E-state index is -0.342. The van der Waals surface area contributed by atoms with Crippen molar-refractivity contribution < 1.29 is 23.8 Å². The van der Waals surface area contributed by atoms with Gasteiger partial charge in [0.2, 0.25) is 0 Å². The molecule has 0 spiro atoms. The standard InChI is InChI=1S/C15H21NO2S.C14H17NO2S.C4H8O.CH3I/c1-9-7-12(10-5-4-6-10)13(14(16)19-3)8-11(9)15(17)18-2;1-8-6-11(9-4-3-5-9)12(13(15)18)7-10(8)14(16)17-2;1-2-4-5-3-1;1-2/h7-8,10,14H,4-6,16H2,1-3H3;6-7,9H,3-5H2,1-2H3,(H2,15,18);1-4H2;1H3. The van der Waals surface area contributed by atoms with Crippen LogP contribution in [0.4, 0.5) is 0 Å². The topological polar surface area (TPSA) is 114 Å². The van der Waals surface area contributed by atoms with Gasteiger partial charge in [-0.3, -0.25) is 0 Å². The van der Waals surface area contributed by atoms with Crippen LogP contribution in [0.2, 0.25) is 0 Å². The quantitative estimate of drug-likeness (QED) is 0.0958. The van der Waals surface area contributed by atoms with Gasteiger partial charge in [-0.1, -0.05) is 59.8 Å². The summed E-state index contributed by atoms with van der Waals surface area (Å²) in [5.41, 5.74) is 19.4. The molecule has 1 unspecified atom stereocenters. The van der Waals surface area contributed by atoms with Crippen LogP contribution in [0.3, 0.4) is 0 Å². The highest BCUT2D eigenvalue weighted by molar-refractivity contribution is 14.1. The van der Waals surface area contributed by atoms with E-state index in [0.29, 0.717) is 28.0 Å². The number of esters is 2. The van der Waals surface area contributed by atoms with Gasteiger partial charge in [0.25, 0.3) is 0 Å². The van der Waals surface area contributed by atoms with Crippen LogP contribution in [0, 0.1) is 13.8 Å². The molecule has 5 rings (SSSR count). The molecule has 2 saturated carbocycles. The molecule has 244 valence electrons. The van der Waals surface area contributed by atoms with Crippen molar-refractivity contribution in [2.24, 2.45) is 11.5 Å². The molecule has 2 aliphatic carbocycles. The summed E-state index contributed by atoms with van der Waals surface area (Å²) in [6, 6.07) is 7.86. The number of halogens is 1. The molecule has 0 aromatic heterocycles. The van der Waals surface area contributed by atoms with Crippen molar-refractivity contribution >= 4 is 63.5 Å². The number of hydrogen-bond acceptors (Lipinski definition) is 8. The molecular weight excluding hydrogens is 707 g/mol. The predicted octanol–water partition coefficient (Wildman–Crippen LogP) is 7.90. The van der Waals surface area contributed by atoms with Gasteiger partial charge < -0.3 is 25.7 Å². The highest BCUT2D eigenvalue weighted by atomic mass is 127. The maximum Gasteiger partial charge on any atom is 0.338 e. The van der Waals surface area contributed by atoms with Gasteiger partial charge >= 0.3 is 11.9 Å². The van der Waals surface area contributed by atoms with Crippen LogP contribution in [0.25, 0.3) is 0 Å². The number of aryl methyl sites for hydroxylation is 2. The highest BCUT2D eigenvalue weighted by Gasteiger charge is 2.27. The molecule has 7 nitrogen and oxygen atoms in total. The first-order valence-electron chi connectivity index (χ1n) is 15.1. The fourth-order valence-electron chi connectivity index (χ4n) is 5.36. The fourth-order valence-corrected chi connectivity index (χ4v) is 6.00. The Bertz CT molecular complexity index is 1250. The van der Waals surface area contributed by atoms with Crippen molar-refractivity contribution in [2.75, 3.05) is 38.6 Å². The Hall–Kier alpha value is -1.73. The number of carbonyl (C=O) groups excluding carboxylic acids is 2. The van der Waals surface area contributed by atoms with Crippen LogP contribution in [0.1, 0.15) is 123 Å². The number of methoxy groups -OCH3 is 2. The second kappa shape index (κ2) is 19.7. The molecule has 0 bridgehead atoms. The van der Waals surface area contributed by atoms with Crippen LogP contribution in [-0.4, -0.2) is 55.5 Å². The highest BCUT2D eigenvalue weighted by Crippen LogP contribution is 2.42. The lowest BCUT2D eigenvalue weighted by molar-refractivity contribution is 0.0591. The molecular formula is C34H49IN2O5S2. The van der Waals surface area contributed by atoms with E-state index < -0.39 is 0 Å². The van der Waals surface area contributed by atoms with Crippen LogP contribution >= 0.6 is 46.6 Å². The van der Waals surface area contributed by atoms with Crippen molar-refractivity contribution in [1.29, 1.82) is 0 Å². The summed E-state index contributed by atoms with van der Waals surface area (Å²) >= 11 is 8.85. The average molecular weight is 757 g/mol. The lowest BCUT2D eigenvalue weighted by atomic mass is 9.77. The lowest BCUT2D eigenvalue weighted by Gasteiger charge is -2.30. The molecule has 1 saturated heterocycles. The average Bonchev–Trinajstić information content (AvgIpc) is 3.56. The number of thioether (sulfide) groups is 1. The molecule has 2 aromatic carbocycles. The Morgan fingerprint density at radius 1 is 0.841 bits per heavy atom. The summed E-state index contributed by atoms with van der Waals surface area (Å²) in [4.78, 5) is 25.8. The van der Waals surface area contributed by atoms with E-state index in [9.17, 15) is 9.59 Å². The largest absolute Gasteiger partial charge is 0.465 e. The number of alkyl halides is 1. The normalized spacial score (nSPS) is 16.3. The maximum absolute atomic E-state index is 11.8. The second-order valence-electron chi connectivity index (χ2n) is 11.1. The van der Waals surface area contributed by atoms with Gasteiger partial charge in [0, 0.05) is 18.8 Å². The Morgan fingerprint density at radius 3 is 1.66 bits per heavy atom. The van der Waals surface area contributed by atoms with Crippen molar-refractivity contribution in [3.8, 4) is 0 Å². The zero-order chi connectivity index (χ0) is 32.8. The van der Waals surface area contributed by atoms with E-state index in [1.165, 1.54) is 76.7 Å². The van der Waals surface area contributed by atoms with Crippen molar-refractivity contribution in [3.05, 3.63) is 68.8 Å². The third-order valence-electron chi connectivity index (χ3n) is 8.38. The second-order valence-corrected chi connectivity index (χ2v) is 12.5. The molecule has 2 aromatic rings. The summed E-state index contributed by atoms with van der Waals surface area (Å²) in [5, 5.41) is -0.0837. The third-order valence-corrected chi connectivity index (χ3v) is 9.36. The molecule has 0 amide bonds. The molecule has 3 fully saturated rings. The molecule has 0 radical (unpaired) electrons. The monoisotopic (exact) mass is 756 g/mol. The van der Waals surface area contributed by atoms with E-state index in [1.54, 1.807) is 17.8 Å². The Balaban J connectivity index is 0.000000252. The summed E-state index contributed by atoms with van der Waals surface area (Å²) in [6.07, 6.45) is 11.9. The first-order chi connectivity index (χ1) is 21.1. The van der Waals surface area contributed by atoms with Crippen molar-refractivity contribution in [1.82, 2.24) is 0 Å². The number of thiocarbonyl (C=S) groups is 1. The van der Waals surface area contributed by atoms with Gasteiger partial charge in [-0.2, -0.15) is 0 Å². The van der Waals surface area contributed by atoms with E-state index in [1.807, 2.05) is 37.2 Å². The number of carbonyl (C=O) groups is 2. The number of nitrogens with two attached hydrogens (primary N) is 2. The van der Waals surface area contributed by atoms with Gasteiger partial charge in [-0.25, -0.2) is 9.59 Å². The van der Waals surface area contributed by atoms with Crippen LogP contribution < -0.4 is 11.5 Å². The van der Waals surface area contributed by atoms with Crippen LogP contribution in [0.15, 0.2) is 24.3 Å². The van der Waals surface area contributed by atoms with E-state index >= 15 is 0 Å². The zero-order valence-electron chi connectivity index (χ0n) is 27.0. The third kappa shape index (κ3) is 10.4. The minimum absolute atomic E-state index is 0.0837.